The van der Waals surface area contributed by atoms with Crippen molar-refractivity contribution in [1.82, 2.24) is 14.8 Å². The van der Waals surface area contributed by atoms with Crippen LogP contribution in [0.25, 0.3) is 0 Å². The number of anilines is 1. The van der Waals surface area contributed by atoms with Crippen LogP contribution in [0.4, 0.5) is 5.82 Å². The summed E-state index contributed by atoms with van der Waals surface area (Å²) in [5, 5.41) is 13.2. The number of hydrogen-bond acceptors (Lipinski definition) is 5. The molecule has 2 atom stereocenters. The molecule has 0 aliphatic carbocycles. The van der Waals surface area contributed by atoms with Crippen molar-refractivity contribution in [1.29, 1.82) is 0 Å². The molecular weight excluding hydrogens is 428 g/mol. The number of piperidine rings is 1. The highest BCUT2D eigenvalue weighted by Gasteiger charge is 2.38. The lowest BCUT2D eigenvalue weighted by atomic mass is 9.91. The molecule has 2 N–H and O–H groups in total. The predicted molar refractivity (Wildman–Crippen MR) is 131 cm³/mol. The highest BCUT2D eigenvalue weighted by atomic mass is 16.4. The Morgan fingerprint density at radius 2 is 1.85 bits per heavy atom. The largest absolute Gasteiger partial charge is 0.480 e. The van der Waals surface area contributed by atoms with E-state index >= 15 is 0 Å². The Morgan fingerprint density at radius 3 is 2.62 bits per heavy atom. The lowest BCUT2D eigenvalue weighted by Gasteiger charge is -2.34. The molecule has 1 aromatic carbocycles. The molecule has 2 saturated heterocycles. The van der Waals surface area contributed by atoms with Crippen LogP contribution in [0, 0.1) is 11.8 Å². The predicted octanol–water partition coefficient (Wildman–Crippen LogP) is 3.37. The van der Waals surface area contributed by atoms with Gasteiger partial charge in [-0.05, 0) is 61.6 Å². The van der Waals surface area contributed by atoms with Crippen molar-refractivity contribution in [2.75, 3.05) is 38.0 Å². The first kappa shape index (κ1) is 22.8. The van der Waals surface area contributed by atoms with Crippen LogP contribution < -0.4 is 5.32 Å². The highest BCUT2D eigenvalue weighted by Crippen LogP contribution is 2.31. The van der Waals surface area contributed by atoms with Crippen LogP contribution in [0.1, 0.15) is 48.5 Å². The van der Waals surface area contributed by atoms with Crippen molar-refractivity contribution in [3.8, 4) is 0 Å². The summed E-state index contributed by atoms with van der Waals surface area (Å²) in [6, 6.07) is 13.0. The van der Waals surface area contributed by atoms with Gasteiger partial charge in [0.1, 0.15) is 11.9 Å². The number of likely N-dealkylation sites (tertiary alicyclic amines) is 2. The quantitative estimate of drug-likeness (QED) is 0.685. The number of aliphatic carboxylic acids is 1. The van der Waals surface area contributed by atoms with E-state index in [4.69, 9.17) is 4.98 Å². The average molecular weight is 463 g/mol. The van der Waals surface area contributed by atoms with Gasteiger partial charge >= 0.3 is 5.97 Å². The smallest absolute Gasteiger partial charge is 0.325 e. The molecule has 5 rings (SSSR count). The van der Waals surface area contributed by atoms with E-state index < -0.39 is 12.0 Å². The Kier molecular flexibility index (Phi) is 6.81. The molecule has 34 heavy (non-hydrogen) atoms. The summed E-state index contributed by atoms with van der Waals surface area (Å²) in [6.07, 6.45) is 5.95. The molecule has 2 aromatic rings. The number of aromatic nitrogens is 1. The van der Waals surface area contributed by atoms with Gasteiger partial charge in [0.25, 0.3) is 0 Å². The number of carboxylic acid groups (broad SMARTS) is 1. The molecule has 1 aromatic heterocycles. The molecule has 7 heteroatoms. The number of fused-ring (bicyclic) bond motifs is 1. The number of pyridine rings is 1. The van der Waals surface area contributed by atoms with Gasteiger partial charge in [0.15, 0.2) is 0 Å². The normalized spacial score (nSPS) is 22.1. The number of rotatable bonds is 6. The molecule has 4 heterocycles. The van der Waals surface area contributed by atoms with E-state index in [0.717, 1.165) is 68.8 Å². The average Bonchev–Trinajstić information content (AvgIpc) is 3.34. The van der Waals surface area contributed by atoms with Crippen molar-refractivity contribution in [2.24, 2.45) is 11.8 Å². The van der Waals surface area contributed by atoms with E-state index in [1.54, 1.807) is 0 Å². The highest BCUT2D eigenvalue weighted by molar-refractivity contribution is 5.80. The lowest BCUT2D eigenvalue weighted by Crippen LogP contribution is -2.43. The molecule has 0 saturated carbocycles. The van der Waals surface area contributed by atoms with Crippen LogP contribution in [0.3, 0.4) is 0 Å². The van der Waals surface area contributed by atoms with E-state index in [2.05, 4.69) is 17.4 Å². The number of nitrogens with zero attached hydrogens (tertiary/aromatic N) is 3. The van der Waals surface area contributed by atoms with E-state index in [-0.39, 0.29) is 11.8 Å². The second-order valence-corrected chi connectivity index (χ2v) is 9.95. The molecule has 2 unspecified atom stereocenters. The van der Waals surface area contributed by atoms with Gasteiger partial charge in [-0.25, -0.2) is 4.98 Å². The van der Waals surface area contributed by atoms with Crippen molar-refractivity contribution in [3.63, 3.8) is 0 Å². The van der Waals surface area contributed by atoms with Crippen molar-refractivity contribution in [2.45, 2.75) is 44.6 Å². The monoisotopic (exact) mass is 462 g/mol. The number of hydrogen-bond donors (Lipinski definition) is 2. The number of aryl methyl sites for hydroxylation is 1. The van der Waals surface area contributed by atoms with Gasteiger partial charge < -0.3 is 15.3 Å². The SMILES string of the molecule is O=C(O)C(c1ccccc1)N1CCC(C(=O)N2CCC(Cc3ccc4c(n3)NCCC4)CC2)C1. The Hall–Kier alpha value is -2.93. The Balaban J connectivity index is 1.14. The van der Waals surface area contributed by atoms with Gasteiger partial charge in [0, 0.05) is 38.4 Å². The summed E-state index contributed by atoms with van der Waals surface area (Å²) in [7, 11) is 0. The van der Waals surface area contributed by atoms with Crippen LogP contribution >= 0.6 is 0 Å². The summed E-state index contributed by atoms with van der Waals surface area (Å²) in [6.45, 7) is 3.71. The minimum Gasteiger partial charge on any atom is -0.480 e. The van der Waals surface area contributed by atoms with E-state index in [1.165, 1.54) is 12.0 Å². The van der Waals surface area contributed by atoms with Crippen molar-refractivity contribution in [3.05, 3.63) is 59.3 Å². The second-order valence-electron chi connectivity index (χ2n) is 9.95. The van der Waals surface area contributed by atoms with Crippen LogP contribution in [-0.4, -0.2) is 64.5 Å². The number of carbonyl (C=O) groups excluding carboxylic acids is 1. The summed E-state index contributed by atoms with van der Waals surface area (Å²) < 4.78 is 0. The standard InChI is InChI=1S/C27H34N4O3/c32-26(22-12-16-31(18-22)24(27(33)34)20-5-2-1-3-6-20)30-14-10-19(11-15-30)17-23-9-8-21-7-4-13-28-25(21)29-23/h1-3,5-6,8-9,19,22,24H,4,7,10-18H2,(H,28,29)(H,33,34). The van der Waals surface area contributed by atoms with Crippen molar-refractivity contribution >= 4 is 17.7 Å². The first-order valence-corrected chi connectivity index (χ1v) is 12.6. The van der Waals surface area contributed by atoms with Crippen LogP contribution in [-0.2, 0) is 22.4 Å². The van der Waals surface area contributed by atoms with Crippen LogP contribution in [0.2, 0.25) is 0 Å². The third-order valence-corrected chi connectivity index (χ3v) is 7.66. The zero-order valence-electron chi connectivity index (χ0n) is 19.7. The van der Waals surface area contributed by atoms with Gasteiger partial charge in [-0.1, -0.05) is 36.4 Å². The fourth-order valence-corrected chi connectivity index (χ4v) is 5.76. The van der Waals surface area contributed by atoms with E-state index in [9.17, 15) is 14.7 Å². The Bertz CT molecular complexity index is 1020. The maximum atomic E-state index is 13.2. The molecule has 0 spiro atoms. The lowest BCUT2D eigenvalue weighted by molar-refractivity contribution is -0.144. The molecule has 1 amide bonds. The van der Waals surface area contributed by atoms with E-state index in [1.807, 2.05) is 40.1 Å². The van der Waals surface area contributed by atoms with Gasteiger partial charge in [0.05, 0.1) is 5.92 Å². The van der Waals surface area contributed by atoms with Gasteiger partial charge in [-0.2, -0.15) is 0 Å². The minimum absolute atomic E-state index is 0.115. The topological polar surface area (TPSA) is 85.8 Å². The zero-order valence-corrected chi connectivity index (χ0v) is 19.7. The third kappa shape index (κ3) is 4.94. The maximum absolute atomic E-state index is 13.2. The number of benzene rings is 1. The van der Waals surface area contributed by atoms with Crippen molar-refractivity contribution < 1.29 is 14.7 Å². The molecule has 0 bridgehead atoms. The fourth-order valence-electron chi connectivity index (χ4n) is 5.76. The minimum atomic E-state index is -0.855. The summed E-state index contributed by atoms with van der Waals surface area (Å²) in [4.78, 5) is 34.0. The first-order chi connectivity index (χ1) is 16.6. The third-order valence-electron chi connectivity index (χ3n) is 7.66. The second kappa shape index (κ2) is 10.1. The van der Waals surface area contributed by atoms with Gasteiger partial charge in [-0.3, -0.25) is 14.5 Å². The fraction of sp³-hybridized carbons (Fsp3) is 0.519. The molecule has 3 aliphatic rings. The number of amides is 1. The molecular formula is C27H34N4O3. The van der Waals surface area contributed by atoms with Gasteiger partial charge in [-0.15, -0.1) is 0 Å². The van der Waals surface area contributed by atoms with Gasteiger partial charge in [0.2, 0.25) is 5.91 Å². The Labute approximate surface area is 201 Å². The molecule has 2 fully saturated rings. The Morgan fingerprint density at radius 1 is 1.06 bits per heavy atom. The van der Waals surface area contributed by atoms with E-state index in [0.29, 0.717) is 19.0 Å². The first-order valence-electron chi connectivity index (χ1n) is 12.6. The molecule has 180 valence electrons. The van der Waals surface area contributed by atoms with Crippen LogP contribution in [0.15, 0.2) is 42.5 Å². The van der Waals surface area contributed by atoms with Crippen LogP contribution in [0.5, 0.6) is 0 Å². The number of carbonyl (C=O) groups is 2. The summed E-state index contributed by atoms with van der Waals surface area (Å²) >= 11 is 0. The number of carboxylic acids is 1. The molecule has 3 aliphatic heterocycles. The molecule has 7 nitrogen and oxygen atoms in total. The number of nitrogens with one attached hydrogen (secondary N) is 1. The molecule has 0 radical (unpaired) electrons. The maximum Gasteiger partial charge on any atom is 0.325 e. The zero-order chi connectivity index (χ0) is 23.5. The summed E-state index contributed by atoms with van der Waals surface area (Å²) in [5.41, 5.74) is 3.23. The summed E-state index contributed by atoms with van der Waals surface area (Å²) in [5.74, 6) is 0.820.